The number of aryl methyl sites for hydroxylation is 1. The van der Waals surface area contributed by atoms with Crippen molar-refractivity contribution in [2.24, 2.45) is 0 Å². The molecule has 0 saturated carbocycles. The van der Waals surface area contributed by atoms with Crippen molar-refractivity contribution in [2.45, 2.75) is 26.4 Å². The fourth-order valence-corrected chi connectivity index (χ4v) is 3.08. The fraction of sp³-hybridized carbons (Fsp3) is 0.182. The average Bonchev–Trinajstić information content (AvgIpc) is 3.36. The van der Waals surface area contributed by atoms with Gasteiger partial charge in [-0.05, 0) is 43.7 Å². The normalized spacial score (nSPS) is 12.0. The first-order valence-corrected chi connectivity index (χ1v) is 9.47. The Hall–Kier alpha value is -3.81. The van der Waals surface area contributed by atoms with Crippen LogP contribution in [0.4, 0.5) is 4.39 Å². The fourth-order valence-electron chi connectivity index (χ4n) is 3.08. The number of benzene rings is 2. The topological polar surface area (TPSA) is 85.8 Å². The lowest BCUT2D eigenvalue weighted by Gasteiger charge is -2.14. The SMILES string of the molecule is Cc1nc(-c2noc(-c3ccc(F)cc3)n2)cn1CC(=O)N[C@H](C)c1ccccc1. The van der Waals surface area contributed by atoms with Gasteiger partial charge in [-0.25, -0.2) is 9.37 Å². The molecule has 0 fully saturated rings. The highest BCUT2D eigenvalue weighted by Gasteiger charge is 2.16. The van der Waals surface area contributed by atoms with Crippen LogP contribution in [0.1, 0.15) is 24.4 Å². The molecule has 0 aliphatic rings. The maximum atomic E-state index is 13.1. The van der Waals surface area contributed by atoms with Crippen molar-refractivity contribution in [3.8, 4) is 23.0 Å². The number of rotatable bonds is 6. The number of carbonyl (C=O) groups is 1. The molecule has 7 nitrogen and oxygen atoms in total. The van der Waals surface area contributed by atoms with Gasteiger partial charge in [-0.3, -0.25) is 4.79 Å². The molecule has 4 rings (SSSR count). The van der Waals surface area contributed by atoms with Gasteiger partial charge in [0, 0.05) is 11.8 Å². The van der Waals surface area contributed by atoms with E-state index in [0.717, 1.165) is 5.56 Å². The zero-order valence-corrected chi connectivity index (χ0v) is 16.5. The lowest BCUT2D eigenvalue weighted by atomic mass is 10.1. The van der Waals surface area contributed by atoms with E-state index in [-0.39, 0.29) is 30.2 Å². The minimum Gasteiger partial charge on any atom is -0.348 e. The standard InChI is InChI=1S/C22H20FN5O2/c1-14(16-6-4-3-5-7-16)24-20(29)13-28-12-19(25-15(28)2)21-26-22(30-27-21)17-8-10-18(23)11-9-17/h3-12,14H,13H2,1-2H3,(H,24,29)/t14-/m1/s1. The third kappa shape index (κ3) is 4.27. The van der Waals surface area contributed by atoms with Crippen LogP contribution in [0.25, 0.3) is 23.0 Å². The van der Waals surface area contributed by atoms with Crippen molar-refractivity contribution in [3.05, 3.63) is 78.0 Å². The van der Waals surface area contributed by atoms with E-state index in [2.05, 4.69) is 20.4 Å². The molecule has 4 aromatic rings. The van der Waals surface area contributed by atoms with Gasteiger partial charge in [0.15, 0.2) is 0 Å². The van der Waals surface area contributed by atoms with Gasteiger partial charge in [-0.2, -0.15) is 4.98 Å². The van der Waals surface area contributed by atoms with E-state index < -0.39 is 0 Å². The van der Waals surface area contributed by atoms with Crippen LogP contribution in [0.15, 0.2) is 65.3 Å². The van der Waals surface area contributed by atoms with E-state index in [9.17, 15) is 9.18 Å². The van der Waals surface area contributed by atoms with Gasteiger partial charge in [0.05, 0.1) is 6.04 Å². The number of carbonyl (C=O) groups excluding carboxylic acids is 1. The second-order valence-corrected chi connectivity index (χ2v) is 6.93. The first-order chi connectivity index (χ1) is 14.5. The Morgan fingerprint density at radius 1 is 1.13 bits per heavy atom. The third-order valence-electron chi connectivity index (χ3n) is 4.71. The summed E-state index contributed by atoms with van der Waals surface area (Å²) in [6.07, 6.45) is 1.71. The molecule has 152 valence electrons. The van der Waals surface area contributed by atoms with E-state index in [1.165, 1.54) is 12.1 Å². The molecular weight excluding hydrogens is 385 g/mol. The molecule has 2 aromatic heterocycles. The molecule has 0 spiro atoms. The van der Waals surface area contributed by atoms with Gasteiger partial charge >= 0.3 is 0 Å². The smallest absolute Gasteiger partial charge is 0.258 e. The molecule has 1 N–H and O–H groups in total. The largest absolute Gasteiger partial charge is 0.348 e. The Kier molecular flexibility index (Phi) is 5.38. The first-order valence-electron chi connectivity index (χ1n) is 9.47. The lowest BCUT2D eigenvalue weighted by molar-refractivity contribution is -0.122. The van der Waals surface area contributed by atoms with Crippen molar-refractivity contribution >= 4 is 5.91 Å². The van der Waals surface area contributed by atoms with E-state index in [0.29, 0.717) is 22.9 Å². The highest BCUT2D eigenvalue weighted by atomic mass is 19.1. The molecular formula is C22H20FN5O2. The predicted octanol–water partition coefficient (Wildman–Crippen LogP) is 3.93. The highest BCUT2D eigenvalue weighted by Crippen LogP contribution is 2.22. The Bertz CT molecular complexity index is 1150. The Morgan fingerprint density at radius 2 is 1.87 bits per heavy atom. The summed E-state index contributed by atoms with van der Waals surface area (Å²) in [5.74, 6) is 0.757. The number of aromatic nitrogens is 4. The minimum atomic E-state index is -0.340. The summed E-state index contributed by atoms with van der Waals surface area (Å²) < 4.78 is 20.1. The van der Waals surface area contributed by atoms with Crippen LogP contribution in [0.5, 0.6) is 0 Å². The van der Waals surface area contributed by atoms with Gasteiger partial charge in [-0.1, -0.05) is 35.5 Å². The summed E-state index contributed by atoms with van der Waals surface area (Å²) >= 11 is 0. The average molecular weight is 405 g/mol. The Labute approximate surface area is 172 Å². The number of halogens is 1. The van der Waals surface area contributed by atoms with Gasteiger partial charge in [0.2, 0.25) is 11.7 Å². The maximum absolute atomic E-state index is 13.1. The molecule has 2 heterocycles. The molecule has 8 heteroatoms. The molecule has 0 aliphatic heterocycles. The summed E-state index contributed by atoms with van der Waals surface area (Å²) in [5.41, 5.74) is 2.14. The molecule has 0 radical (unpaired) electrons. The van der Waals surface area contributed by atoms with Crippen LogP contribution < -0.4 is 5.32 Å². The number of hydrogen-bond acceptors (Lipinski definition) is 5. The van der Waals surface area contributed by atoms with Gasteiger partial charge in [-0.15, -0.1) is 0 Å². The number of imidazole rings is 1. The predicted molar refractivity (Wildman–Crippen MR) is 109 cm³/mol. The van der Waals surface area contributed by atoms with Crippen LogP contribution >= 0.6 is 0 Å². The molecule has 30 heavy (non-hydrogen) atoms. The number of nitrogens with zero attached hydrogens (tertiary/aromatic N) is 4. The molecule has 1 amide bonds. The molecule has 0 bridgehead atoms. The minimum absolute atomic E-state index is 0.0996. The van der Waals surface area contributed by atoms with Crippen LogP contribution in [-0.2, 0) is 11.3 Å². The van der Waals surface area contributed by atoms with Crippen molar-refractivity contribution in [3.63, 3.8) is 0 Å². The van der Waals surface area contributed by atoms with Crippen LogP contribution in [-0.4, -0.2) is 25.6 Å². The number of amides is 1. The highest BCUT2D eigenvalue weighted by molar-refractivity contribution is 5.76. The Morgan fingerprint density at radius 3 is 2.60 bits per heavy atom. The summed E-state index contributed by atoms with van der Waals surface area (Å²) in [6, 6.07) is 15.4. The summed E-state index contributed by atoms with van der Waals surface area (Å²) in [4.78, 5) is 21.2. The van der Waals surface area contributed by atoms with Crippen molar-refractivity contribution in [1.29, 1.82) is 0 Å². The van der Waals surface area contributed by atoms with Crippen LogP contribution in [0, 0.1) is 12.7 Å². The van der Waals surface area contributed by atoms with Crippen molar-refractivity contribution < 1.29 is 13.7 Å². The van der Waals surface area contributed by atoms with Crippen molar-refractivity contribution in [1.82, 2.24) is 25.0 Å². The first kappa shape index (κ1) is 19.5. The lowest BCUT2D eigenvalue weighted by Crippen LogP contribution is -2.30. The van der Waals surface area contributed by atoms with Crippen LogP contribution in [0.2, 0.25) is 0 Å². The summed E-state index contributed by atoms with van der Waals surface area (Å²) in [5, 5.41) is 6.93. The number of hydrogen-bond donors (Lipinski definition) is 1. The third-order valence-corrected chi connectivity index (χ3v) is 4.71. The quantitative estimate of drug-likeness (QED) is 0.525. The zero-order valence-electron chi connectivity index (χ0n) is 16.5. The molecule has 0 saturated heterocycles. The van der Waals surface area contributed by atoms with E-state index >= 15 is 0 Å². The monoisotopic (exact) mass is 405 g/mol. The molecule has 0 aliphatic carbocycles. The summed E-state index contributed by atoms with van der Waals surface area (Å²) in [7, 11) is 0. The molecule has 1 atom stereocenters. The maximum Gasteiger partial charge on any atom is 0.258 e. The van der Waals surface area contributed by atoms with E-state index in [1.807, 2.05) is 37.3 Å². The zero-order chi connectivity index (χ0) is 21.1. The second kappa shape index (κ2) is 8.28. The van der Waals surface area contributed by atoms with Gasteiger partial charge < -0.3 is 14.4 Å². The molecule has 2 aromatic carbocycles. The van der Waals surface area contributed by atoms with Gasteiger partial charge in [0.25, 0.3) is 5.89 Å². The summed E-state index contributed by atoms with van der Waals surface area (Å²) in [6.45, 7) is 3.87. The Balaban J connectivity index is 1.46. The second-order valence-electron chi connectivity index (χ2n) is 6.93. The van der Waals surface area contributed by atoms with Crippen molar-refractivity contribution in [2.75, 3.05) is 0 Å². The van der Waals surface area contributed by atoms with Crippen LogP contribution in [0.3, 0.4) is 0 Å². The van der Waals surface area contributed by atoms with E-state index in [4.69, 9.17) is 4.52 Å². The number of nitrogens with one attached hydrogen (secondary N) is 1. The van der Waals surface area contributed by atoms with E-state index in [1.54, 1.807) is 29.8 Å². The molecule has 0 unspecified atom stereocenters. The van der Waals surface area contributed by atoms with Gasteiger partial charge in [0.1, 0.15) is 23.9 Å².